The van der Waals surface area contributed by atoms with Crippen LogP contribution in [0.5, 0.6) is 0 Å². The molecule has 1 aliphatic rings. The predicted molar refractivity (Wildman–Crippen MR) is 83.2 cm³/mol. The van der Waals surface area contributed by atoms with Gasteiger partial charge in [0.1, 0.15) is 15.9 Å². The van der Waals surface area contributed by atoms with E-state index in [9.17, 15) is 4.79 Å². The van der Waals surface area contributed by atoms with Crippen molar-refractivity contribution in [3.8, 4) is 6.07 Å². The van der Waals surface area contributed by atoms with Gasteiger partial charge in [-0.1, -0.05) is 24.3 Å². The number of primary amides is 1. The Bertz CT molecular complexity index is 760. The standard InChI is InChI=1S/C15H14N4OS/c16-7-11-13(17)12(14(18)20)15(21-11)19-6-5-9-3-1-2-4-10(9)8-19/h1-4H,5-6,8,17H2,(H2,18,20). The van der Waals surface area contributed by atoms with Crippen molar-refractivity contribution < 1.29 is 4.79 Å². The van der Waals surface area contributed by atoms with Gasteiger partial charge in [0.25, 0.3) is 5.91 Å². The molecule has 2 heterocycles. The largest absolute Gasteiger partial charge is 0.396 e. The number of fused-ring (bicyclic) bond motifs is 1. The van der Waals surface area contributed by atoms with Crippen LogP contribution in [0.3, 0.4) is 0 Å². The Kier molecular flexibility index (Phi) is 3.28. The lowest BCUT2D eigenvalue weighted by atomic mass is 10.00. The molecule has 0 saturated carbocycles. The van der Waals surface area contributed by atoms with Gasteiger partial charge in [-0.05, 0) is 17.5 Å². The lowest BCUT2D eigenvalue weighted by molar-refractivity contribution is 0.100. The van der Waals surface area contributed by atoms with E-state index in [-0.39, 0.29) is 11.3 Å². The van der Waals surface area contributed by atoms with Crippen LogP contribution in [0.1, 0.15) is 26.4 Å². The molecule has 106 valence electrons. The maximum absolute atomic E-state index is 11.7. The van der Waals surface area contributed by atoms with Crippen LogP contribution < -0.4 is 16.4 Å². The highest BCUT2D eigenvalue weighted by Crippen LogP contribution is 2.39. The van der Waals surface area contributed by atoms with Gasteiger partial charge in [0, 0.05) is 13.1 Å². The molecule has 6 heteroatoms. The van der Waals surface area contributed by atoms with Crippen molar-refractivity contribution in [2.45, 2.75) is 13.0 Å². The second kappa shape index (κ2) is 5.11. The summed E-state index contributed by atoms with van der Waals surface area (Å²) in [6.45, 7) is 1.48. The number of nitriles is 1. The van der Waals surface area contributed by atoms with Gasteiger partial charge in [0.2, 0.25) is 0 Å². The molecule has 0 unspecified atom stereocenters. The molecule has 1 aromatic carbocycles. The number of nitrogens with two attached hydrogens (primary N) is 2. The first kappa shape index (κ1) is 13.5. The Morgan fingerprint density at radius 3 is 2.71 bits per heavy atom. The fraction of sp³-hybridized carbons (Fsp3) is 0.200. The summed E-state index contributed by atoms with van der Waals surface area (Å²) >= 11 is 1.23. The molecule has 0 radical (unpaired) electrons. The first-order chi connectivity index (χ1) is 10.1. The number of nitrogens with zero attached hydrogens (tertiary/aromatic N) is 2. The maximum atomic E-state index is 11.7. The van der Waals surface area contributed by atoms with E-state index >= 15 is 0 Å². The van der Waals surface area contributed by atoms with E-state index in [1.807, 2.05) is 18.2 Å². The molecule has 4 N–H and O–H groups in total. The summed E-state index contributed by atoms with van der Waals surface area (Å²) in [5.74, 6) is -0.584. The molecule has 0 fully saturated rings. The Morgan fingerprint density at radius 2 is 2.05 bits per heavy atom. The molecule has 3 rings (SSSR count). The number of hydrogen-bond acceptors (Lipinski definition) is 5. The molecule has 0 aliphatic carbocycles. The fourth-order valence-corrected chi connectivity index (χ4v) is 3.69. The highest BCUT2D eigenvalue weighted by molar-refractivity contribution is 7.17. The quantitative estimate of drug-likeness (QED) is 0.884. The van der Waals surface area contributed by atoms with Crippen LogP contribution in [-0.4, -0.2) is 12.5 Å². The van der Waals surface area contributed by atoms with E-state index in [1.54, 1.807) is 0 Å². The van der Waals surface area contributed by atoms with Crippen molar-refractivity contribution in [3.05, 3.63) is 45.8 Å². The zero-order valence-corrected chi connectivity index (χ0v) is 12.1. The number of carbonyl (C=O) groups is 1. The number of nitrogen functional groups attached to an aromatic ring is 1. The first-order valence-electron chi connectivity index (χ1n) is 6.55. The summed E-state index contributed by atoms with van der Waals surface area (Å²) in [4.78, 5) is 14.1. The Balaban J connectivity index is 2.03. The van der Waals surface area contributed by atoms with Gasteiger partial charge >= 0.3 is 0 Å². The van der Waals surface area contributed by atoms with Crippen molar-refractivity contribution in [2.24, 2.45) is 5.73 Å². The van der Waals surface area contributed by atoms with E-state index in [0.717, 1.165) is 13.0 Å². The molecule has 1 aliphatic heterocycles. The van der Waals surface area contributed by atoms with E-state index in [4.69, 9.17) is 16.7 Å². The van der Waals surface area contributed by atoms with Crippen LogP contribution in [0.15, 0.2) is 24.3 Å². The number of amides is 1. The minimum Gasteiger partial charge on any atom is -0.396 e. The lowest BCUT2D eigenvalue weighted by Gasteiger charge is -2.30. The zero-order valence-electron chi connectivity index (χ0n) is 11.3. The molecule has 0 spiro atoms. The topological polar surface area (TPSA) is 96.1 Å². The van der Waals surface area contributed by atoms with E-state index < -0.39 is 5.91 Å². The Labute approximate surface area is 126 Å². The summed E-state index contributed by atoms with van der Waals surface area (Å²) in [6.07, 6.45) is 0.897. The highest BCUT2D eigenvalue weighted by atomic mass is 32.1. The number of thiophene rings is 1. The highest BCUT2D eigenvalue weighted by Gasteiger charge is 2.26. The molecule has 1 aromatic heterocycles. The van der Waals surface area contributed by atoms with Crippen LogP contribution in [0.25, 0.3) is 0 Å². The number of rotatable bonds is 2. The van der Waals surface area contributed by atoms with Crippen LogP contribution in [0.4, 0.5) is 10.7 Å². The van der Waals surface area contributed by atoms with Gasteiger partial charge in [-0.25, -0.2) is 0 Å². The van der Waals surface area contributed by atoms with E-state index in [1.165, 1.54) is 22.5 Å². The maximum Gasteiger partial charge on any atom is 0.253 e. The normalized spacial score (nSPS) is 13.6. The summed E-state index contributed by atoms with van der Waals surface area (Å²) in [5.41, 5.74) is 14.3. The molecule has 2 aromatic rings. The van der Waals surface area contributed by atoms with Gasteiger partial charge in [-0.3, -0.25) is 4.79 Å². The summed E-state index contributed by atoms with van der Waals surface area (Å²) < 4.78 is 0. The van der Waals surface area contributed by atoms with Crippen molar-refractivity contribution in [2.75, 3.05) is 17.2 Å². The van der Waals surface area contributed by atoms with E-state index in [2.05, 4.69) is 17.0 Å². The number of benzene rings is 1. The van der Waals surface area contributed by atoms with Crippen LogP contribution in [-0.2, 0) is 13.0 Å². The van der Waals surface area contributed by atoms with Gasteiger partial charge in [0.05, 0.1) is 11.3 Å². The molecule has 0 saturated heterocycles. The minimum absolute atomic E-state index is 0.198. The third kappa shape index (κ3) is 2.22. The van der Waals surface area contributed by atoms with Crippen molar-refractivity contribution in [1.82, 2.24) is 0 Å². The second-order valence-electron chi connectivity index (χ2n) is 4.94. The van der Waals surface area contributed by atoms with Crippen molar-refractivity contribution >= 4 is 27.9 Å². The Hall–Kier alpha value is -2.52. The summed E-state index contributed by atoms with van der Waals surface area (Å²) in [6, 6.07) is 10.3. The second-order valence-corrected chi connectivity index (χ2v) is 5.94. The summed E-state index contributed by atoms with van der Waals surface area (Å²) in [7, 11) is 0. The molecule has 0 atom stereocenters. The van der Waals surface area contributed by atoms with Gasteiger partial charge in [-0.2, -0.15) is 5.26 Å². The average Bonchev–Trinajstić information content (AvgIpc) is 2.83. The fourth-order valence-electron chi connectivity index (χ4n) is 2.64. The van der Waals surface area contributed by atoms with Gasteiger partial charge in [-0.15, -0.1) is 11.3 Å². The minimum atomic E-state index is -0.584. The first-order valence-corrected chi connectivity index (χ1v) is 7.37. The number of carbonyl (C=O) groups excluding carboxylic acids is 1. The molecule has 21 heavy (non-hydrogen) atoms. The van der Waals surface area contributed by atoms with Crippen LogP contribution >= 0.6 is 11.3 Å². The monoisotopic (exact) mass is 298 g/mol. The smallest absolute Gasteiger partial charge is 0.253 e. The summed E-state index contributed by atoms with van der Waals surface area (Å²) in [5, 5.41) is 9.80. The molecular formula is C15H14N4OS. The lowest BCUT2D eigenvalue weighted by Crippen LogP contribution is -2.31. The van der Waals surface area contributed by atoms with Gasteiger partial charge in [0.15, 0.2) is 0 Å². The molecule has 0 bridgehead atoms. The van der Waals surface area contributed by atoms with Crippen molar-refractivity contribution in [3.63, 3.8) is 0 Å². The zero-order chi connectivity index (χ0) is 15.0. The molecule has 1 amide bonds. The third-order valence-corrected chi connectivity index (χ3v) is 4.86. The molecule has 5 nitrogen and oxygen atoms in total. The predicted octanol–water partition coefficient (Wildman–Crippen LogP) is 1.86. The number of anilines is 2. The van der Waals surface area contributed by atoms with Crippen LogP contribution in [0.2, 0.25) is 0 Å². The Morgan fingerprint density at radius 1 is 1.33 bits per heavy atom. The average molecular weight is 298 g/mol. The van der Waals surface area contributed by atoms with Crippen molar-refractivity contribution in [1.29, 1.82) is 5.26 Å². The third-order valence-electron chi connectivity index (χ3n) is 3.69. The van der Waals surface area contributed by atoms with E-state index in [0.29, 0.717) is 16.4 Å². The molecular weight excluding hydrogens is 284 g/mol. The van der Waals surface area contributed by atoms with Crippen LogP contribution in [0, 0.1) is 11.3 Å². The number of hydrogen-bond donors (Lipinski definition) is 2. The SMILES string of the molecule is N#Cc1sc(N2CCc3ccccc3C2)c(C(N)=O)c1N. The van der Waals surface area contributed by atoms with Gasteiger partial charge < -0.3 is 16.4 Å².